The molecule has 0 aliphatic heterocycles. The highest BCUT2D eigenvalue weighted by molar-refractivity contribution is 5.84. The fourth-order valence-corrected chi connectivity index (χ4v) is 3.22. The molecule has 1 fully saturated rings. The van der Waals surface area contributed by atoms with Crippen LogP contribution in [0.1, 0.15) is 72.1 Å². The number of hydrogen-bond donors (Lipinski definition) is 2. The van der Waals surface area contributed by atoms with E-state index in [0.29, 0.717) is 6.10 Å². The highest BCUT2D eigenvalue weighted by atomic mass is 16.5. The van der Waals surface area contributed by atoms with Gasteiger partial charge in [0.15, 0.2) is 0 Å². The van der Waals surface area contributed by atoms with Crippen molar-refractivity contribution in [3.63, 3.8) is 0 Å². The maximum absolute atomic E-state index is 11.6. The molecule has 4 nitrogen and oxygen atoms in total. The molecule has 0 bridgehead atoms. The molecule has 4 heteroatoms. The lowest BCUT2D eigenvalue weighted by Gasteiger charge is -2.32. The number of nitrogens with one attached hydrogen (secondary N) is 1. The standard InChI is InChI=1S/C17H34N2O2/c1-4-12-19-17(3,16(18)20)11-8-13-21-15-10-7-6-9-14(15)5-2/h14-15,19H,4-13H2,1-3H3,(H2,18,20). The fourth-order valence-electron chi connectivity index (χ4n) is 3.22. The Morgan fingerprint density at radius 2 is 2.05 bits per heavy atom. The Hall–Kier alpha value is -0.610. The third-order valence-corrected chi connectivity index (χ3v) is 4.83. The largest absolute Gasteiger partial charge is 0.378 e. The average Bonchev–Trinajstić information content (AvgIpc) is 2.49. The van der Waals surface area contributed by atoms with Gasteiger partial charge in [-0.05, 0) is 51.5 Å². The van der Waals surface area contributed by atoms with Crippen LogP contribution in [-0.4, -0.2) is 30.7 Å². The summed E-state index contributed by atoms with van der Waals surface area (Å²) in [7, 11) is 0. The molecule has 3 atom stereocenters. The lowest BCUT2D eigenvalue weighted by atomic mass is 9.85. The number of hydrogen-bond acceptors (Lipinski definition) is 3. The Balaban J connectivity index is 2.31. The molecule has 1 rings (SSSR count). The van der Waals surface area contributed by atoms with Crippen LogP contribution < -0.4 is 11.1 Å². The predicted octanol–water partition coefficient (Wildman–Crippen LogP) is 3.00. The van der Waals surface area contributed by atoms with Gasteiger partial charge in [0.1, 0.15) is 0 Å². The summed E-state index contributed by atoms with van der Waals surface area (Å²) in [6, 6.07) is 0. The number of rotatable bonds is 10. The van der Waals surface area contributed by atoms with Crippen LogP contribution in [0.3, 0.4) is 0 Å². The molecule has 1 amide bonds. The first-order chi connectivity index (χ1) is 10.0. The Morgan fingerprint density at radius 3 is 2.67 bits per heavy atom. The van der Waals surface area contributed by atoms with E-state index in [-0.39, 0.29) is 5.91 Å². The minimum Gasteiger partial charge on any atom is -0.378 e. The van der Waals surface area contributed by atoms with Gasteiger partial charge in [-0.15, -0.1) is 0 Å². The van der Waals surface area contributed by atoms with Crippen LogP contribution in [0.5, 0.6) is 0 Å². The van der Waals surface area contributed by atoms with Crippen molar-refractivity contribution >= 4 is 5.91 Å². The van der Waals surface area contributed by atoms with Gasteiger partial charge in [0.05, 0.1) is 11.6 Å². The van der Waals surface area contributed by atoms with Crippen molar-refractivity contribution in [2.75, 3.05) is 13.2 Å². The average molecular weight is 298 g/mol. The quantitative estimate of drug-likeness (QED) is 0.609. The highest BCUT2D eigenvalue weighted by Gasteiger charge is 2.30. The van der Waals surface area contributed by atoms with Crippen molar-refractivity contribution < 1.29 is 9.53 Å². The zero-order valence-corrected chi connectivity index (χ0v) is 14.1. The fraction of sp³-hybridized carbons (Fsp3) is 0.941. The summed E-state index contributed by atoms with van der Waals surface area (Å²) in [6.45, 7) is 7.80. The van der Waals surface area contributed by atoms with Crippen LogP contribution in [-0.2, 0) is 9.53 Å². The van der Waals surface area contributed by atoms with E-state index in [1.807, 2.05) is 6.92 Å². The molecule has 3 unspecified atom stereocenters. The lowest BCUT2D eigenvalue weighted by molar-refractivity contribution is -0.124. The molecule has 0 aromatic rings. The van der Waals surface area contributed by atoms with Crippen LogP contribution in [0.25, 0.3) is 0 Å². The van der Waals surface area contributed by atoms with Crippen molar-refractivity contribution in [1.29, 1.82) is 0 Å². The van der Waals surface area contributed by atoms with E-state index in [0.717, 1.165) is 38.3 Å². The summed E-state index contributed by atoms with van der Waals surface area (Å²) in [5.74, 6) is 0.458. The minimum absolute atomic E-state index is 0.264. The Labute approximate surface area is 130 Å². The maximum atomic E-state index is 11.6. The van der Waals surface area contributed by atoms with Crippen molar-refractivity contribution in [3.8, 4) is 0 Å². The number of amides is 1. The zero-order valence-electron chi connectivity index (χ0n) is 14.1. The molecule has 0 saturated heterocycles. The number of ether oxygens (including phenoxy) is 1. The first kappa shape index (κ1) is 18.4. The molecule has 3 N–H and O–H groups in total. The van der Waals surface area contributed by atoms with Crippen LogP contribution >= 0.6 is 0 Å². The van der Waals surface area contributed by atoms with E-state index >= 15 is 0 Å². The van der Waals surface area contributed by atoms with Gasteiger partial charge in [-0.2, -0.15) is 0 Å². The predicted molar refractivity (Wildman–Crippen MR) is 87.1 cm³/mol. The van der Waals surface area contributed by atoms with Crippen LogP contribution in [0.4, 0.5) is 0 Å². The van der Waals surface area contributed by atoms with Gasteiger partial charge < -0.3 is 15.8 Å². The highest BCUT2D eigenvalue weighted by Crippen LogP contribution is 2.29. The second-order valence-electron chi connectivity index (χ2n) is 6.59. The molecule has 0 aromatic carbocycles. The number of carbonyl (C=O) groups excluding carboxylic acids is 1. The molecule has 0 heterocycles. The smallest absolute Gasteiger partial charge is 0.237 e. The SMILES string of the molecule is CCCNC(C)(CCCOC1CCCCC1CC)C(N)=O. The molecular formula is C17H34N2O2. The van der Waals surface area contributed by atoms with Gasteiger partial charge in [0.2, 0.25) is 5.91 Å². The van der Waals surface area contributed by atoms with Crippen LogP contribution in [0.2, 0.25) is 0 Å². The van der Waals surface area contributed by atoms with Gasteiger partial charge in [-0.1, -0.05) is 33.1 Å². The Bertz CT molecular complexity index is 309. The molecule has 0 radical (unpaired) electrons. The van der Waals surface area contributed by atoms with Crippen LogP contribution in [0.15, 0.2) is 0 Å². The molecule has 0 aromatic heterocycles. The van der Waals surface area contributed by atoms with Gasteiger partial charge in [-0.25, -0.2) is 0 Å². The van der Waals surface area contributed by atoms with E-state index < -0.39 is 5.54 Å². The molecule has 1 aliphatic rings. The number of nitrogens with two attached hydrogens (primary N) is 1. The summed E-state index contributed by atoms with van der Waals surface area (Å²) >= 11 is 0. The summed E-state index contributed by atoms with van der Waals surface area (Å²) in [5.41, 5.74) is 4.94. The van der Waals surface area contributed by atoms with E-state index in [1.165, 1.54) is 32.1 Å². The minimum atomic E-state index is -0.601. The topological polar surface area (TPSA) is 64.3 Å². The summed E-state index contributed by atoms with van der Waals surface area (Å²) in [5, 5.41) is 3.27. The molecule has 0 spiro atoms. The third-order valence-electron chi connectivity index (χ3n) is 4.83. The normalized spacial score (nSPS) is 25.5. The maximum Gasteiger partial charge on any atom is 0.237 e. The van der Waals surface area contributed by atoms with Crippen molar-refractivity contribution in [3.05, 3.63) is 0 Å². The molecule has 1 saturated carbocycles. The number of primary amides is 1. The molecule has 1 aliphatic carbocycles. The molecule has 21 heavy (non-hydrogen) atoms. The van der Waals surface area contributed by atoms with Crippen molar-refractivity contribution in [1.82, 2.24) is 5.32 Å². The van der Waals surface area contributed by atoms with Gasteiger partial charge in [-0.3, -0.25) is 4.79 Å². The van der Waals surface area contributed by atoms with E-state index in [9.17, 15) is 4.79 Å². The van der Waals surface area contributed by atoms with Gasteiger partial charge in [0, 0.05) is 6.61 Å². The first-order valence-electron chi connectivity index (χ1n) is 8.70. The monoisotopic (exact) mass is 298 g/mol. The molecular weight excluding hydrogens is 264 g/mol. The second-order valence-corrected chi connectivity index (χ2v) is 6.59. The summed E-state index contributed by atoms with van der Waals surface area (Å²) in [6.07, 6.45) is 9.39. The third kappa shape index (κ3) is 5.95. The zero-order chi connectivity index (χ0) is 15.7. The number of carbonyl (C=O) groups is 1. The van der Waals surface area contributed by atoms with Crippen LogP contribution in [0, 0.1) is 5.92 Å². The summed E-state index contributed by atoms with van der Waals surface area (Å²) < 4.78 is 6.09. The second kappa shape index (κ2) is 9.42. The first-order valence-corrected chi connectivity index (χ1v) is 8.70. The van der Waals surface area contributed by atoms with Gasteiger partial charge in [0.25, 0.3) is 0 Å². The Morgan fingerprint density at radius 1 is 1.33 bits per heavy atom. The van der Waals surface area contributed by atoms with E-state index in [1.54, 1.807) is 0 Å². The van der Waals surface area contributed by atoms with Crippen molar-refractivity contribution in [2.24, 2.45) is 11.7 Å². The summed E-state index contributed by atoms with van der Waals surface area (Å²) in [4.78, 5) is 11.6. The Kier molecular flexibility index (Phi) is 8.27. The van der Waals surface area contributed by atoms with Crippen molar-refractivity contribution in [2.45, 2.75) is 83.8 Å². The van der Waals surface area contributed by atoms with Gasteiger partial charge >= 0.3 is 0 Å². The van der Waals surface area contributed by atoms with E-state index in [4.69, 9.17) is 10.5 Å². The lowest BCUT2D eigenvalue weighted by Crippen LogP contribution is -2.53. The van der Waals surface area contributed by atoms with E-state index in [2.05, 4.69) is 19.2 Å². The molecule has 124 valence electrons.